The quantitative estimate of drug-likeness (QED) is 0.515. The third kappa shape index (κ3) is 3.43. The number of aromatic nitrogens is 4. The molecule has 0 bridgehead atoms. The number of pyridine rings is 1. The summed E-state index contributed by atoms with van der Waals surface area (Å²) >= 11 is 0. The van der Waals surface area contributed by atoms with Crippen LogP contribution in [0.15, 0.2) is 47.2 Å². The van der Waals surface area contributed by atoms with Crippen molar-refractivity contribution in [3.8, 4) is 11.4 Å². The lowest BCUT2D eigenvalue weighted by molar-refractivity contribution is -0.0925. The topological polar surface area (TPSA) is 85.3 Å². The molecule has 4 aromatic rings. The number of carbonyl (C=O) groups is 1. The van der Waals surface area contributed by atoms with Crippen molar-refractivity contribution < 1.29 is 22.5 Å². The molecule has 3 heterocycles. The van der Waals surface area contributed by atoms with Gasteiger partial charge in [-0.2, -0.15) is 4.98 Å². The molecule has 1 aliphatic rings. The highest BCUT2D eigenvalue weighted by Crippen LogP contribution is 2.48. The van der Waals surface area contributed by atoms with Gasteiger partial charge >= 0.3 is 0 Å². The number of benzene rings is 1. The van der Waals surface area contributed by atoms with Crippen molar-refractivity contribution in [2.45, 2.75) is 31.6 Å². The van der Waals surface area contributed by atoms with Crippen molar-refractivity contribution in [2.75, 3.05) is 5.32 Å². The van der Waals surface area contributed by atoms with E-state index in [1.165, 1.54) is 25.3 Å². The van der Waals surface area contributed by atoms with Crippen molar-refractivity contribution in [1.82, 2.24) is 19.5 Å². The number of rotatable bonds is 4. The average molecular weight is 427 g/mol. The maximum Gasteiger partial charge on any atom is 0.274 e. The van der Waals surface area contributed by atoms with Crippen LogP contribution < -0.4 is 5.32 Å². The predicted octanol–water partition coefficient (Wildman–Crippen LogP) is 4.60. The van der Waals surface area contributed by atoms with E-state index in [1.807, 2.05) is 0 Å². The lowest BCUT2D eigenvalue weighted by atomic mass is 9.81. The predicted molar refractivity (Wildman–Crippen MR) is 104 cm³/mol. The van der Waals surface area contributed by atoms with Crippen LogP contribution in [0.5, 0.6) is 0 Å². The molecule has 0 unspecified atom stereocenters. The second-order valence-electron chi connectivity index (χ2n) is 7.57. The van der Waals surface area contributed by atoms with Gasteiger partial charge in [-0.3, -0.25) is 9.20 Å². The van der Waals surface area contributed by atoms with E-state index in [0.717, 1.165) is 0 Å². The molecule has 10 heteroatoms. The zero-order valence-corrected chi connectivity index (χ0v) is 16.3. The summed E-state index contributed by atoms with van der Waals surface area (Å²) in [4.78, 5) is 21.1. The number of carbonyl (C=O) groups excluding carboxylic acids is 1. The van der Waals surface area contributed by atoms with Crippen LogP contribution >= 0.6 is 0 Å². The lowest BCUT2D eigenvalue weighted by Gasteiger charge is -2.31. The van der Waals surface area contributed by atoms with E-state index in [9.17, 15) is 18.0 Å². The van der Waals surface area contributed by atoms with Gasteiger partial charge in [0.1, 0.15) is 17.2 Å². The molecule has 7 nitrogen and oxygen atoms in total. The van der Waals surface area contributed by atoms with E-state index >= 15 is 0 Å². The van der Waals surface area contributed by atoms with E-state index in [-0.39, 0.29) is 47.1 Å². The second-order valence-corrected chi connectivity index (χ2v) is 7.57. The molecule has 31 heavy (non-hydrogen) atoms. The van der Waals surface area contributed by atoms with Crippen molar-refractivity contribution in [2.24, 2.45) is 0 Å². The molecule has 1 amide bonds. The van der Waals surface area contributed by atoms with Gasteiger partial charge in [0.2, 0.25) is 17.6 Å². The average Bonchev–Trinajstić information content (AvgIpc) is 3.36. The van der Waals surface area contributed by atoms with E-state index in [2.05, 4.69) is 20.4 Å². The Labute approximate surface area is 173 Å². The number of hydrogen-bond donors (Lipinski definition) is 1. The number of hydrogen-bond acceptors (Lipinski definition) is 5. The van der Waals surface area contributed by atoms with Crippen molar-refractivity contribution >= 4 is 17.2 Å². The Morgan fingerprint density at radius 3 is 2.87 bits per heavy atom. The van der Waals surface area contributed by atoms with E-state index in [4.69, 9.17) is 4.52 Å². The van der Waals surface area contributed by atoms with Crippen molar-refractivity contribution in [3.05, 3.63) is 65.7 Å². The third-order valence-corrected chi connectivity index (χ3v) is 5.38. The van der Waals surface area contributed by atoms with Crippen LogP contribution in [-0.4, -0.2) is 31.4 Å². The van der Waals surface area contributed by atoms with Gasteiger partial charge in [0.15, 0.2) is 0 Å². The lowest BCUT2D eigenvalue weighted by Crippen LogP contribution is -2.33. The van der Waals surface area contributed by atoms with Crippen LogP contribution in [0.25, 0.3) is 17.0 Å². The molecular weight excluding hydrogens is 411 g/mol. The van der Waals surface area contributed by atoms with Crippen LogP contribution in [0.3, 0.4) is 0 Å². The Morgan fingerprint density at radius 2 is 2.10 bits per heavy atom. The summed E-state index contributed by atoms with van der Waals surface area (Å²) < 4.78 is 47.5. The molecule has 5 rings (SSSR count). The third-order valence-electron chi connectivity index (χ3n) is 5.38. The van der Waals surface area contributed by atoms with Crippen molar-refractivity contribution in [1.29, 1.82) is 0 Å². The van der Waals surface area contributed by atoms with E-state index < -0.39 is 23.6 Å². The first kappa shape index (κ1) is 19.3. The highest BCUT2D eigenvalue weighted by Gasteiger charge is 2.48. The molecule has 1 saturated carbocycles. The number of anilines is 1. The molecular formula is C21H16F3N5O2. The number of imidazole rings is 1. The smallest absolute Gasteiger partial charge is 0.274 e. The van der Waals surface area contributed by atoms with Crippen LogP contribution in [-0.2, 0) is 0 Å². The molecule has 0 spiro atoms. The fourth-order valence-corrected chi connectivity index (χ4v) is 3.58. The Hall–Kier alpha value is -3.69. The highest BCUT2D eigenvalue weighted by atomic mass is 19.3. The molecule has 1 aromatic carbocycles. The van der Waals surface area contributed by atoms with Gasteiger partial charge in [0, 0.05) is 41.8 Å². The van der Waals surface area contributed by atoms with Gasteiger partial charge in [0.25, 0.3) is 5.91 Å². The van der Waals surface area contributed by atoms with Gasteiger partial charge in [-0.25, -0.2) is 18.2 Å². The first-order valence-corrected chi connectivity index (χ1v) is 9.56. The van der Waals surface area contributed by atoms with Gasteiger partial charge in [0.05, 0.1) is 6.20 Å². The largest absolute Gasteiger partial charge is 0.339 e. The molecule has 0 saturated heterocycles. The number of halogens is 3. The van der Waals surface area contributed by atoms with Crippen LogP contribution in [0.2, 0.25) is 0 Å². The number of nitrogens with zero attached hydrogens (tertiary/aromatic N) is 4. The first-order chi connectivity index (χ1) is 14.8. The molecule has 1 fully saturated rings. The Morgan fingerprint density at radius 1 is 1.29 bits per heavy atom. The van der Waals surface area contributed by atoms with E-state index in [1.54, 1.807) is 28.8 Å². The van der Waals surface area contributed by atoms with Crippen LogP contribution in [0.1, 0.15) is 40.7 Å². The molecule has 0 radical (unpaired) electrons. The van der Waals surface area contributed by atoms with Crippen molar-refractivity contribution in [3.63, 3.8) is 0 Å². The minimum absolute atomic E-state index is 0.0643. The highest BCUT2D eigenvalue weighted by molar-refractivity contribution is 6.04. The number of fused-ring (bicyclic) bond motifs is 1. The number of nitrogens with one attached hydrogen (secondary N) is 1. The van der Waals surface area contributed by atoms with Crippen LogP contribution in [0, 0.1) is 12.7 Å². The zero-order chi connectivity index (χ0) is 21.8. The summed E-state index contributed by atoms with van der Waals surface area (Å²) in [6.07, 6.45) is 2.43. The fraction of sp³-hybridized carbons (Fsp3) is 0.238. The van der Waals surface area contributed by atoms with E-state index in [0.29, 0.717) is 5.65 Å². The van der Waals surface area contributed by atoms with Gasteiger partial charge in [-0.05, 0) is 31.2 Å². The summed E-state index contributed by atoms with van der Waals surface area (Å²) in [5.74, 6) is -4.12. The molecule has 0 atom stereocenters. The normalized spacial score (nSPS) is 15.7. The second kappa shape index (κ2) is 6.93. The SMILES string of the molecule is Cc1c(F)cc(-c2noc(C3CC(F)(F)C3)n2)cc1NC(=O)c1cnc2ccccn12. The summed E-state index contributed by atoms with van der Waals surface area (Å²) in [7, 11) is 0. The Kier molecular flexibility index (Phi) is 4.31. The first-order valence-electron chi connectivity index (χ1n) is 9.56. The Bertz CT molecular complexity index is 1310. The summed E-state index contributed by atoms with van der Waals surface area (Å²) in [6.45, 7) is 1.53. The summed E-state index contributed by atoms with van der Waals surface area (Å²) in [5, 5.41) is 6.49. The molecule has 1 aliphatic carbocycles. The minimum atomic E-state index is -2.72. The molecule has 158 valence electrons. The molecule has 0 aliphatic heterocycles. The molecule has 1 N–H and O–H groups in total. The van der Waals surface area contributed by atoms with Gasteiger partial charge in [-0.15, -0.1) is 0 Å². The van der Waals surface area contributed by atoms with Gasteiger partial charge in [-0.1, -0.05) is 11.2 Å². The van der Waals surface area contributed by atoms with Gasteiger partial charge < -0.3 is 9.84 Å². The summed E-state index contributed by atoms with van der Waals surface area (Å²) in [5.41, 5.74) is 1.61. The maximum absolute atomic E-state index is 14.6. The number of amides is 1. The fourth-order valence-electron chi connectivity index (χ4n) is 3.58. The monoisotopic (exact) mass is 427 g/mol. The number of alkyl halides is 2. The standard InChI is InChI=1S/C21H16F3N5O2/c1-11-14(22)6-12(18-27-20(31-28-18)13-8-21(23,24)9-13)7-15(11)26-19(30)16-10-25-17-4-2-3-5-29(16)17/h2-7,10,13H,8-9H2,1H3,(H,26,30). The summed E-state index contributed by atoms with van der Waals surface area (Å²) in [6, 6.07) is 8.06. The molecule has 3 aromatic heterocycles. The Balaban J connectivity index is 1.43. The zero-order valence-electron chi connectivity index (χ0n) is 16.3. The maximum atomic E-state index is 14.6. The van der Waals surface area contributed by atoms with Crippen LogP contribution in [0.4, 0.5) is 18.9 Å². The minimum Gasteiger partial charge on any atom is -0.339 e.